The first-order valence-electron chi connectivity index (χ1n) is 18.8. The molecule has 1 N–H and O–H groups in total. The Hall–Kier alpha value is -0.610. The van der Waals surface area contributed by atoms with Crippen molar-refractivity contribution in [3.63, 3.8) is 0 Å². The Kier molecular flexibility index (Phi) is 20.4. The van der Waals surface area contributed by atoms with Crippen molar-refractivity contribution in [2.45, 2.75) is 181 Å². The molecule has 4 heteroatoms. The van der Waals surface area contributed by atoms with Gasteiger partial charge in [0.1, 0.15) is 0 Å². The van der Waals surface area contributed by atoms with Crippen LogP contribution in [-0.4, -0.2) is 61.0 Å². The first kappa shape index (κ1) is 36.6. The van der Waals surface area contributed by atoms with Crippen LogP contribution in [0.1, 0.15) is 175 Å². The number of carbonyl (C=O) groups excluding carboxylic acids is 1. The lowest BCUT2D eigenvalue weighted by Crippen LogP contribution is -2.63. The lowest BCUT2D eigenvalue weighted by Gasteiger charge is -2.54. The third-order valence-electron chi connectivity index (χ3n) is 10.4. The second-order valence-corrected chi connectivity index (χ2v) is 14.2. The van der Waals surface area contributed by atoms with Crippen molar-refractivity contribution in [1.82, 2.24) is 15.1 Å². The number of carbonyl (C=O) groups is 1. The lowest BCUT2D eigenvalue weighted by atomic mass is 9.71. The molecule has 0 aromatic rings. The van der Waals surface area contributed by atoms with E-state index in [1.165, 1.54) is 167 Å². The maximum Gasteiger partial charge on any atom is 0.236 e. The van der Waals surface area contributed by atoms with Gasteiger partial charge in [-0.15, -0.1) is 0 Å². The van der Waals surface area contributed by atoms with Gasteiger partial charge in [0.05, 0.1) is 6.54 Å². The van der Waals surface area contributed by atoms with E-state index in [1.54, 1.807) is 0 Å². The molecular formula is C37H73N3O. The van der Waals surface area contributed by atoms with Crippen molar-refractivity contribution in [1.29, 1.82) is 0 Å². The number of amides is 1. The van der Waals surface area contributed by atoms with Gasteiger partial charge in [-0.05, 0) is 57.5 Å². The average molecular weight is 576 g/mol. The van der Waals surface area contributed by atoms with Crippen LogP contribution in [0.15, 0.2) is 0 Å². The molecule has 0 saturated carbocycles. The monoisotopic (exact) mass is 576 g/mol. The number of unbranched alkanes of at least 4 members (excludes halogenated alkanes) is 13. The van der Waals surface area contributed by atoms with Gasteiger partial charge in [-0.25, -0.2) is 0 Å². The number of hydrogen-bond acceptors (Lipinski definition) is 3. The fourth-order valence-electron chi connectivity index (χ4n) is 7.38. The highest BCUT2D eigenvalue weighted by atomic mass is 16.2. The fraction of sp³-hybridized carbons (Fsp3) is 0.973. The van der Waals surface area contributed by atoms with E-state index in [-0.39, 0.29) is 0 Å². The van der Waals surface area contributed by atoms with E-state index in [0.29, 0.717) is 23.9 Å². The summed E-state index contributed by atoms with van der Waals surface area (Å²) in [4.78, 5) is 18.1. The lowest BCUT2D eigenvalue weighted by molar-refractivity contribution is -0.146. The zero-order chi connectivity index (χ0) is 29.6. The zero-order valence-electron chi connectivity index (χ0n) is 28.5. The van der Waals surface area contributed by atoms with E-state index >= 15 is 0 Å². The minimum absolute atomic E-state index is 0.350. The van der Waals surface area contributed by atoms with E-state index in [0.717, 1.165) is 19.0 Å². The average Bonchev–Trinajstić information content (AvgIpc) is 2.96. The molecule has 0 aromatic heterocycles. The van der Waals surface area contributed by atoms with E-state index < -0.39 is 0 Å². The predicted octanol–water partition coefficient (Wildman–Crippen LogP) is 9.76. The highest BCUT2D eigenvalue weighted by Gasteiger charge is 2.46. The van der Waals surface area contributed by atoms with Gasteiger partial charge in [-0.3, -0.25) is 4.79 Å². The molecule has 2 aliphatic rings. The Balaban J connectivity index is 1.69. The summed E-state index contributed by atoms with van der Waals surface area (Å²) in [7, 11) is 0. The molecule has 2 fully saturated rings. The third kappa shape index (κ3) is 15.6. The van der Waals surface area contributed by atoms with Gasteiger partial charge in [0, 0.05) is 31.1 Å². The summed E-state index contributed by atoms with van der Waals surface area (Å²) in [5.41, 5.74) is 0.420. The minimum atomic E-state index is 0.350. The van der Waals surface area contributed by atoms with E-state index in [2.05, 4.69) is 42.8 Å². The molecule has 1 spiro atoms. The smallest absolute Gasteiger partial charge is 0.236 e. The van der Waals surface area contributed by atoms with Crippen molar-refractivity contribution < 1.29 is 4.79 Å². The zero-order valence-corrected chi connectivity index (χ0v) is 28.5. The molecule has 2 heterocycles. The number of piperidine rings is 1. The van der Waals surface area contributed by atoms with Crippen molar-refractivity contribution >= 4 is 5.91 Å². The molecule has 0 bridgehead atoms. The van der Waals surface area contributed by atoms with E-state index in [9.17, 15) is 4.79 Å². The van der Waals surface area contributed by atoms with Crippen LogP contribution >= 0.6 is 0 Å². The second kappa shape index (κ2) is 22.9. The van der Waals surface area contributed by atoms with Gasteiger partial charge >= 0.3 is 0 Å². The van der Waals surface area contributed by atoms with Crippen LogP contribution in [0.3, 0.4) is 0 Å². The van der Waals surface area contributed by atoms with Crippen molar-refractivity contribution in [3.8, 4) is 0 Å². The van der Waals surface area contributed by atoms with Crippen LogP contribution in [0, 0.1) is 11.3 Å². The highest BCUT2D eigenvalue weighted by Crippen LogP contribution is 2.40. The maximum atomic E-state index is 13.1. The summed E-state index contributed by atoms with van der Waals surface area (Å²) >= 11 is 0. The molecule has 1 amide bonds. The number of hydrogen-bond donors (Lipinski definition) is 1. The summed E-state index contributed by atoms with van der Waals surface area (Å²) in [6.45, 7) is 15.6. The largest absolute Gasteiger partial charge is 0.340 e. The van der Waals surface area contributed by atoms with Crippen LogP contribution in [0.4, 0.5) is 0 Å². The molecule has 41 heavy (non-hydrogen) atoms. The van der Waals surface area contributed by atoms with Crippen LogP contribution in [0.25, 0.3) is 0 Å². The van der Waals surface area contributed by atoms with Crippen LogP contribution in [-0.2, 0) is 4.79 Å². The summed E-state index contributed by atoms with van der Waals surface area (Å²) in [6.07, 6.45) is 31.0. The molecule has 1 unspecified atom stereocenters. The first-order valence-corrected chi connectivity index (χ1v) is 18.8. The molecule has 0 aliphatic carbocycles. The topological polar surface area (TPSA) is 35.6 Å². The number of likely N-dealkylation sites (tertiary alicyclic amines) is 2. The van der Waals surface area contributed by atoms with Gasteiger partial charge in [0.15, 0.2) is 0 Å². The summed E-state index contributed by atoms with van der Waals surface area (Å²) in [5.74, 6) is 1.24. The Bertz CT molecular complexity index is 608. The van der Waals surface area contributed by atoms with Crippen molar-refractivity contribution in [2.24, 2.45) is 11.3 Å². The van der Waals surface area contributed by atoms with Crippen LogP contribution in [0.2, 0.25) is 0 Å². The van der Waals surface area contributed by atoms with Crippen molar-refractivity contribution in [2.75, 3.05) is 39.3 Å². The standard InChI is InChI=1S/C37H73N3O/c1-5-9-13-16-20-24-35(25-21-17-14-10-6-2)38-30-36(41)40-32-37(33-40)26-28-39(29-27-37)31-34(22-18-12-8-4)23-19-15-11-7-3/h34-35,38H,5-33H2,1-4H3. The van der Waals surface area contributed by atoms with Crippen molar-refractivity contribution in [3.05, 3.63) is 0 Å². The van der Waals surface area contributed by atoms with E-state index in [4.69, 9.17) is 0 Å². The Morgan fingerprint density at radius 1 is 0.634 bits per heavy atom. The molecule has 0 aromatic carbocycles. The molecule has 4 nitrogen and oxygen atoms in total. The summed E-state index contributed by atoms with van der Waals surface area (Å²) in [6, 6.07) is 0.521. The first-order chi connectivity index (χ1) is 20.1. The van der Waals surface area contributed by atoms with Gasteiger partial charge in [-0.1, -0.05) is 137 Å². The molecule has 2 saturated heterocycles. The molecule has 242 valence electrons. The second-order valence-electron chi connectivity index (χ2n) is 14.2. The summed E-state index contributed by atoms with van der Waals surface area (Å²) < 4.78 is 0. The Morgan fingerprint density at radius 3 is 1.61 bits per heavy atom. The number of nitrogens with one attached hydrogen (secondary N) is 1. The fourth-order valence-corrected chi connectivity index (χ4v) is 7.38. The molecule has 2 rings (SSSR count). The number of rotatable bonds is 26. The van der Waals surface area contributed by atoms with Crippen LogP contribution < -0.4 is 5.32 Å². The number of nitrogens with zero attached hydrogens (tertiary/aromatic N) is 2. The molecule has 2 aliphatic heterocycles. The predicted molar refractivity (Wildman–Crippen MR) is 180 cm³/mol. The van der Waals surface area contributed by atoms with Gasteiger partial charge in [0.2, 0.25) is 5.91 Å². The molecule has 1 atom stereocenters. The van der Waals surface area contributed by atoms with Crippen LogP contribution in [0.5, 0.6) is 0 Å². The SMILES string of the molecule is CCCCCCCC(CCCCCCC)NCC(=O)N1CC2(CCN(CC(CCCCC)CCCCCC)CC2)C1. The quantitative estimate of drug-likeness (QED) is 0.104. The normalized spacial score (nSPS) is 17.8. The molecule has 0 radical (unpaired) electrons. The summed E-state index contributed by atoms with van der Waals surface area (Å²) in [5, 5.41) is 3.72. The van der Waals surface area contributed by atoms with Gasteiger partial charge < -0.3 is 15.1 Å². The van der Waals surface area contributed by atoms with Gasteiger partial charge in [-0.2, -0.15) is 0 Å². The Labute approximate surface area is 257 Å². The molecular weight excluding hydrogens is 502 g/mol. The van der Waals surface area contributed by atoms with Gasteiger partial charge in [0.25, 0.3) is 0 Å². The highest BCUT2D eigenvalue weighted by molar-refractivity contribution is 5.79. The third-order valence-corrected chi connectivity index (χ3v) is 10.4. The maximum absolute atomic E-state index is 13.1. The van der Waals surface area contributed by atoms with E-state index in [1.807, 2.05) is 0 Å². The Morgan fingerprint density at radius 2 is 1.07 bits per heavy atom. The minimum Gasteiger partial charge on any atom is -0.340 e.